The first-order chi connectivity index (χ1) is 5.25. The molecule has 0 spiro atoms. The van der Waals surface area contributed by atoms with Crippen molar-refractivity contribution in [3.8, 4) is 0 Å². The summed E-state index contributed by atoms with van der Waals surface area (Å²) in [4.78, 5) is 8.11. The van der Waals surface area contributed by atoms with Crippen LogP contribution in [0.2, 0.25) is 0 Å². The van der Waals surface area contributed by atoms with Gasteiger partial charge < -0.3 is 0 Å². The second-order valence-corrected chi connectivity index (χ2v) is 3.04. The average Bonchev–Trinajstić information content (AvgIpc) is 2.04. The molecule has 0 N–H and O–H groups in total. The highest BCUT2D eigenvalue weighted by molar-refractivity contribution is 7.80. The van der Waals surface area contributed by atoms with Crippen LogP contribution in [0.5, 0.6) is 0 Å². The van der Waals surface area contributed by atoms with E-state index in [1.54, 1.807) is 6.33 Å². The molecule has 3 heteroatoms. The van der Waals surface area contributed by atoms with Gasteiger partial charge in [-0.3, -0.25) is 0 Å². The molecule has 0 saturated heterocycles. The summed E-state index contributed by atoms with van der Waals surface area (Å²) in [7, 11) is 0. The van der Waals surface area contributed by atoms with E-state index < -0.39 is 0 Å². The first-order valence-corrected chi connectivity index (χ1v) is 4.26. The summed E-state index contributed by atoms with van der Waals surface area (Å²) < 4.78 is 0. The molecule has 1 atom stereocenters. The van der Waals surface area contributed by atoms with Crippen LogP contribution in [-0.4, -0.2) is 15.7 Å². The number of aryl methyl sites for hydroxylation is 1. The fourth-order valence-electron chi connectivity index (χ4n) is 1.01. The molecule has 0 radical (unpaired) electrons. The standard InChI is InChI=1S/C8H12N2S/c1-6-3-9-5-10-8(6)7(2)4-11/h3,5,7,11H,4H2,1-2H3. The summed E-state index contributed by atoms with van der Waals surface area (Å²) in [6, 6.07) is 0. The van der Waals surface area contributed by atoms with Crippen molar-refractivity contribution in [1.82, 2.24) is 9.97 Å². The van der Waals surface area contributed by atoms with Gasteiger partial charge >= 0.3 is 0 Å². The smallest absolute Gasteiger partial charge is 0.115 e. The number of thiol groups is 1. The molecular formula is C8H12N2S. The van der Waals surface area contributed by atoms with Gasteiger partial charge in [-0.1, -0.05) is 6.92 Å². The highest BCUT2D eigenvalue weighted by Crippen LogP contribution is 2.15. The van der Waals surface area contributed by atoms with Crippen LogP contribution in [-0.2, 0) is 0 Å². The van der Waals surface area contributed by atoms with Crippen molar-refractivity contribution in [3.05, 3.63) is 23.8 Å². The zero-order valence-electron chi connectivity index (χ0n) is 6.78. The quantitative estimate of drug-likeness (QED) is 0.682. The topological polar surface area (TPSA) is 25.8 Å². The molecule has 60 valence electrons. The predicted octanol–water partition coefficient (Wildman–Crippen LogP) is 1.82. The zero-order valence-corrected chi connectivity index (χ0v) is 7.68. The van der Waals surface area contributed by atoms with Crippen molar-refractivity contribution in [3.63, 3.8) is 0 Å². The minimum Gasteiger partial charge on any atom is -0.245 e. The first kappa shape index (κ1) is 8.53. The van der Waals surface area contributed by atoms with E-state index in [1.165, 1.54) is 0 Å². The molecule has 1 aromatic rings. The Hall–Kier alpha value is -0.570. The molecule has 0 aliphatic rings. The third-order valence-corrected chi connectivity index (χ3v) is 2.22. The van der Waals surface area contributed by atoms with Gasteiger partial charge in [0.15, 0.2) is 0 Å². The molecule has 0 saturated carbocycles. The number of rotatable bonds is 2. The number of nitrogens with zero attached hydrogens (tertiary/aromatic N) is 2. The fourth-order valence-corrected chi connectivity index (χ4v) is 1.18. The van der Waals surface area contributed by atoms with Crippen molar-refractivity contribution in [1.29, 1.82) is 0 Å². The molecule has 0 fully saturated rings. The lowest BCUT2D eigenvalue weighted by Crippen LogP contribution is -2.01. The number of hydrogen-bond acceptors (Lipinski definition) is 3. The van der Waals surface area contributed by atoms with E-state index in [0.29, 0.717) is 5.92 Å². The van der Waals surface area contributed by atoms with Gasteiger partial charge in [-0.15, -0.1) is 0 Å². The Labute approximate surface area is 72.5 Å². The van der Waals surface area contributed by atoms with Crippen molar-refractivity contribution in [2.24, 2.45) is 0 Å². The molecule has 1 rings (SSSR count). The zero-order chi connectivity index (χ0) is 8.27. The van der Waals surface area contributed by atoms with E-state index in [9.17, 15) is 0 Å². The largest absolute Gasteiger partial charge is 0.245 e. The third kappa shape index (κ3) is 1.93. The van der Waals surface area contributed by atoms with E-state index in [0.717, 1.165) is 17.0 Å². The van der Waals surface area contributed by atoms with Gasteiger partial charge in [0.1, 0.15) is 6.33 Å². The van der Waals surface area contributed by atoms with Crippen molar-refractivity contribution < 1.29 is 0 Å². The summed E-state index contributed by atoms with van der Waals surface area (Å²) in [5, 5.41) is 0. The predicted molar refractivity (Wildman–Crippen MR) is 49.0 cm³/mol. The van der Waals surface area contributed by atoms with Gasteiger partial charge in [-0.25, -0.2) is 9.97 Å². The molecule has 1 heterocycles. The Bertz CT molecular complexity index is 237. The van der Waals surface area contributed by atoms with Crippen LogP contribution in [0, 0.1) is 6.92 Å². The summed E-state index contributed by atoms with van der Waals surface area (Å²) in [6.07, 6.45) is 3.42. The maximum absolute atomic E-state index is 4.21. The first-order valence-electron chi connectivity index (χ1n) is 3.63. The molecule has 1 unspecified atom stereocenters. The monoisotopic (exact) mass is 168 g/mol. The maximum Gasteiger partial charge on any atom is 0.115 e. The average molecular weight is 168 g/mol. The SMILES string of the molecule is Cc1cncnc1C(C)CS. The molecule has 1 aromatic heterocycles. The van der Waals surface area contributed by atoms with Crippen LogP contribution < -0.4 is 0 Å². The Kier molecular flexibility index (Phi) is 2.88. The van der Waals surface area contributed by atoms with Gasteiger partial charge in [0.25, 0.3) is 0 Å². The van der Waals surface area contributed by atoms with E-state index in [1.807, 2.05) is 13.1 Å². The van der Waals surface area contributed by atoms with Gasteiger partial charge in [0.05, 0.1) is 5.69 Å². The number of hydrogen-bond donors (Lipinski definition) is 1. The fraction of sp³-hybridized carbons (Fsp3) is 0.500. The lowest BCUT2D eigenvalue weighted by Gasteiger charge is -2.08. The van der Waals surface area contributed by atoms with Gasteiger partial charge in [-0.2, -0.15) is 12.6 Å². The van der Waals surface area contributed by atoms with E-state index >= 15 is 0 Å². The van der Waals surface area contributed by atoms with Crippen molar-refractivity contribution in [2.75, 3.05) is 5.75 Å². The summed E-state index contributed by atoms with van der Waals surface area (Å²) in [6.45, 7) is 4.14. The molecule has 0 aromatic carbocycles. The van der Waals surface area contributed by atoms with E-state index in [2.05, 4.69) is 29.5 Å². The second-order valence-electron chi connectivity index (χ2n) is 2.67. The Morgan fingerprint density at radius 2 is 2.36 bits per heavy atom. The summed E-state index contributed by atoms with van der Waals surface area (Å²) in [5.41, 5.74) is 2.25. The second kappa shape index (κ2) is 3.72. The molecule has 0 amide bonds. The van der Waals surface area contributed by atoms with E-state index in [4.69, 9.17) is 0 Å². The van der Waals surface area contributed by atoms with Gasteiger partial charge in [0, 0.05) is 12.1 Å². The maximum atomic E-state index is 4.21. The highest BCUT2D eigenvalue weighted by Gasteiger charge is 2.06. The van der Waals surface area contributed by atoms with Gasteiger partial charge in [0.2, 0.25) is 0 Å². The highest BCUT2D eigenvalue weighted by atomic mass is 32.1. The Morgan fingerprint density at radius 3 is 2.91 bits per heavy atom. The molecule has 0 bridgehead atoms. The molecule has 0 aliphatic heterocycles. The van der Waals surface area contributed by atoms with Crippen LogP contribution in [0.25, 0.3) is 0 Å². The van der Waals surface area contributed by atoms with Crippen LogP contribution in [0.3, 0.4) is 0 Å². The molecule has 11 heavy (non-hydrogen) atoms. The Balaban J connectivity index is 2.93. The minimum atomic E-state index is 0.418. The molecule has 2 nitrogen and oxygen atoms in total. The summed E-state index contributed by atoms with van der Waals surface area (Å²) in [5.74, 6) is 1.25. The minimum absolute atomic E-state index is 0.418. The van der Waals surface area contributed by atoms with E-state index in [-0.39, 0.29) is 0 Å². The Morgan fingerprint density at radius 1 is 1.64 bits per heavy atom. The van der Waals surface area contributed by atoms with Crippen LogP contribution in [0.1, 0.15) is 24.1 Å². The van der Waals surface area contributed by atoms with Crippen LogP contribution in [0.15, 0.2) is 12.5 Å². The van der Waals surface area contributed by atoms with Gasteiger partial charge in [-0.05, 0) is 18.2 Å². The lowest BCUT2D eigenvalue weighted by atomic mass is 10.1. The lowest BCUT2D eigenvalue weighted by molar-refractivity contribution is 0.814. The third-order valence-electron chi connectivity index (χ3n) is 1.68. The normalized spacial score (nSPS) is 13.0. The van der Waals surface area contributed by atoms with Crippen LogP contribution >= 0.6 is 12.6 Å². The van der Waals surface area contributed by atoms with Crippen molar-refractivity contribution in [2.45, 2.75) is 19.8 Å². The van der Waals surface area contributed by atoms with Crippen molar-refractivity contribution >= 4 is 12.6 Å². The number of aromatic nitrogens is 2. The molecule has 0 aliphatic carbocycles. The molecular weight excluding hydrogens is 156 g/mol. The van der Waals surface area contributed by atoms with Crippen LogP contribution in [0.4, 0.5) is 0 Å². The summed E-state index contributed by atoms with van der Waals surface area (Å²) >= 11 is 4.21.